The van der Waals surface area contributed by atoms with Crippen molar-refractivity contribution >= 4 is 46.4 Å². The molecule has 250 valence electrons. The Morgan fingerprint density at radius 1 is 0.694 bits per heavy atom. The Labute approximate surface area is 277 Å². The lowest BCUT2D eigenvalue weighted by Gasteiger charge is -2.44. The molecule has 3 aromatic carbocycles. The van der Waals surface area contributed by atoms with Gasteiger partial charge in [0.2, 0.25) is 29.4 Å². The van der Waals surface area contributed by atoms with Crippen molar-refractivity contribution in [3.05, 3.63) is 98.1 Å². The minimum Gasteiger partial charge on any atom is -0.502 e. The molecule has 1 saturated carbocycles. The first-order valence-electron chi connectivity index (χ1n) is 15.4. The number of hydrogen-bond donors (Lipinski definition) is 1. The average Bonchev–Trinajstić information content (AvgIpc) is 3.51. The number of imide groups is 2. The molecule has 0 bridgehead atoms. The second-order valence-corrected chi connectivity index (χ2v) is 12.4. The highest BCUT2D eigenvalue weighted by Crippen LogP contribution is 2.59. The molecule has 0 unspecified atom stereocenters. The minimum atomic E-state index is -0.960. The van der Waals surface area contributed by atoms with Gasteiger partial charge in [0.1, 0.15) is 0 Å². The summed E-state index contributed by atoms with van der Waals surface area (Å²) in [5.41, 5.74) is 1.08. The number of anilines is 2. The number of carbonyl (C=O) groups excluding carboxylic acids is 4. The van der Waals surface area contributed by atoms with Crippen molar-refractivity contribution in [2.45, 2.75) is 18.8 Å². The molecule has 3 aromatic rings. The maximum Gasteiger partial charge on any atom is 0.269 e. The van der Waals surface area contributed by atoms with Gasteiger partial charge in [0.15, 0.2) is 11.5 Å². The number of phenols is 1. The molecular weight excluding hydrogens is 640 g/mol. The molecule has 1 N–H and O–H groups in total. The number of nitrogens with zero attached hydrogens (tertiary/aromatic N) is 4. The normalized spacial score (nSPS) is 25.8. The molecule has 4 aliphatic rings. The van der Waals surface area contributed by atoms with Gasteiger partial charge in [-0.25, -0.2) is 0 Å². The second kappa shape index (κ2) is 11.5. The molecule has 2 heterocycles. The van der Waals surface area contributed by atoms with Gasteiger partial charge >= 0.3 is 0 Å². The first kappa shape index (κ1) is 31.5. The molecule has 4 amide bonds. The maximum absolute atomic E-state index is 14.3. The number of allylic oxidation sites excluding steroid dienone is 2. The smallest absolute Gasteiger partial charge is 0.269 e. The number of nitro benzene ring substituents is 2. The van der Waals surface area contributed by atoms with E-state index in [9.17, 15) is 44.5 Å². The van der Waals surface area contributed by atoms with E-state index in [0.29, 0.717) is 11.1 Å². The Morgan fingerprint density at radius 3 is 1.63 bits per heavy atom. The molecule has 0 radical (unpaired) electrons. The van der Waals surface area contributed by atoms with Crippen molar-refractivity contribution in [1.82, 2.24) is 0 Å². The van der Waals surface area contributed by atoms with Crippen molar-refractivity contribution in [2.75, 3.05) is 24.0 Å². The summed E-state index contributed by atoms with van der Waals surface area (Å²) in [7, 11) is 2.71. The van der Waals surface area contributed by atoms with Gasteiger partial charge in [-0.05, 0) is 60.7 Å². The summed E-state index contributed by atoms with van der Waals surface area (Å²) >= 11 is 0. The van der Waals surface area contributed by atoms with Crippen molar-refractivity contribution in [1.29, 1.82) is 0 Å². The average molecular weight is 669 g/mol. The quantitative estimate of drug-likeness (QED) is 0.163. The van der Waals surface area contributed by atoms with Crippen LogP contribution < -0.4 is 19.3 Å². The van der Waals surface area contributed by atoms with Gasteiger partial charge in [-0.2, -0.15) is 0 Å². The van der Waals surface area contributed by atoms with Crippen LogP contribution in [-0.2, 0) is 19.2 Å². The van der Waals surface area contributed by atoms with E-state index >= 15 is 0 Å². The van der Waals surface area contributed by atoms with Gasteiger partial charge in [-0.3, -0.25) is 49.2 Å². The van der Waals surface area contributed by atoms with Gasteiger partial charge in [0.05, 0.1) is 59.1 Å². The van der Waals surface area contributed by atoms with Gasteiger partial charge in [-0.15, -0.1) is 0 Å². The predicted octanol–water partition coefficient (Wildman–Crippen LogP) is 4.27. The summed E-state index contributed by atoms with van der Waals surface area (Å²) in [6.45, 7) is 0. The Kier molecular flexibility index (Phi) is 7.41. The largest absolute Gasteiger partial charge is 0.502 e. The van der Waals surface area contributed by atoms with Crippen LogP contribution in [0.1, 0.15) is 24.3 Å². The van der Waals surface area contributed by atoms with Crippen LogP contribution in [0, 0.1) is 49.8 Å². The van der Waals surface area contributed by atoms with Crippen LogP contribution >= 0.6 is 0 Å². The zero-order valence-corrected chi connectivity index (χ0v) is 26.0. The number of fused-ring (bicyclic) bond motifs is 4. The van der Waals surface area contributed by atoms with Crippen LogP contribution in [0.5, 0.6) is 17.2 Å². The molecule has 15 heteroatoms. The summed E-state index contributed by atoms with van der Waals surface area (Å²) in [6, 6.07) is 13.3. The van der Waals surface area contributed by atoms with Crippen LogP contribution in [0.4, 0.5) is 22.7 Å². The van der Waals surface area contributed by atoms with Gasteiger partial charge in [0, 0.05) is 30.2 Å². The van der Waals surface area contributed by atoms with Crippen molar-refractivity contribution in [3.8, 4) is 17.2 Å². The van der Waals surface area contributed by atoms with Crippen molar-refractivity contribution < 1.29 is 43.6 Å². The first-order chi connectivity index (χ1) is 23.5. The van der Waals surface area contributed by atoms with Crippen LogP contribution in [0.15, 0.2) is 72.3 Å². The lowest BCUT2D eigenvalue weighted by Crippen LogP contribution is -2.43. The number of amides is 4. The number of aromatic hydroxyl groups is 1. The highest BCUT2D eigenvalue weighted by atomic mass is 16.6. The fourth-order valence-corrected chi connectivity index (χ4v) is 8.01. The first-order valence-corrected chi connectivity index (χ1v) is 15.4. The SMILES string of the molecule is COc1cc([C@H]2C3=CC[C@@H]4C(=O)N(c5ccc([N+](=O)[O-])cc5)C(=O)[C@@H]4[C@@H]3C[C@H]3C(=O)N(c4ccc([N+](=O)[O-])cc4)C(=O)[C@@H]23)cc(OC)c1O. The molecule has 49 heavy (non-hydrogen) atoms. The monoisotopic (exact) mass is 668 g/mol. The molecule has 15 nitrogen and oxygen atoms in total. The van der Waals surface area contributed by atoms with E-state index in [-0.39, 0.29) is 52.8 Å². The number of rotatable bonds is 7. The van der Waals surface area contributed by atoms with Crippen LogP contribution in [0.2, 0.25) is 0 Å². The second-order valence-electron chi connectivity index (χ2n) is 12.4. The Hall–Kier alpha value is -6.12. The fraction of sp³-hybridized carbons (Fsp3) is 0.294. The maximum atomic E-state index is 14.3. The van der Waals surface area contributed by atoms with Crippen LogP contribution in [0.25, 0.3) is 0 Å². The lowest BCUT2D eigenvalue weighted by atomic mass is 9.57. The summed E-state index contributed by atoms with van der Waals surface area (Å²) in [5.74, 6) is -7.22. The fourth-order valence-electron chi connectivity index (χ4n) is 8.01. The van der Waals surface area contributed by atoms with E-state index in [0.717, 1.165) is 9.80 Å². The molecule has 2 aliphatic carbocycles. The van der Waals surface area contributed by atoms with E-state index in [1.54, 1.807) is 12.1 Å². The number of methoxy groups -OCH3 is 2. The molecule has 0 aromatic heterocycles. The number of non-ortho nitro benzene ring substituents is 2. The molecule has 6 atom stereocenters. The van der Waals surface area contributed by atoms with Gasteiger partial charge in [0.25, 0.3) is 11.4 Å². The Morgan fingerprint density at radius 2 is 1.16 bits per heavy atom. The summed E-state index contributed by atoms with van der Waals surface area (Å²) in [5, 5.41) is 33.2. The zero-order chi connectivity index (χ0) is 34.9. The lowest BCUT2D eigenvalue weighted by molar-refractivity contribution is -0.385. The number of nitro groups is 2. The van der Waals surface area contributed by atoms with Crippen LogP contribution in [-0.4, -0.2) is 52.8 Å². The van der Waals surface area contributed by atoms with Crippen molar-refractivity contribution in [3.63, 3.8) is 0 Å². The highest BCUT2D eigenvalue weighted by Gasteiger charge is 2.62. The number of benzene rings is 3. The third-order valence-corrected chi connectivity index (χ3v) is 10.1. The Balaban J connectivity index is 1.34. The topological polar surface area (TPSA) is 200 Å². The van der Waals surface area contributed by atoms with Crippen molar-refractivity contribution in [2.24, 2.45) is 29.6 Å². The standard InChI is InChI=1S/C34H28N4O11/c1-48-25-13-16(14-26(49-2)30(25)39)27-21-11-12-22-28(33(42)35(31(22)40)17-3-7-19(8-4-17)37(44)45)23(21)15-24-29(27)34(43)36(32(24)41)18-5-9-20(10-6-18)38(46)47/h3-11,13-14,22-24,27-29,39H,12,15H2,1-2H3/t22-,23+,24+,27-,28-,29+/m0/s1. The zero-order valence-electron chi connectivity index (χ0n) is 26.0. The summed E-state index contributed by atoms with van der Waals surface area (Å²) < 4.78 is 10.8. The number of ether oxygens (including phenoxy) is 2. The molecule has 2 aliphatic heterocycles. The third kappa shape index (κ3) is 4.71. The minimum absolute atomic E-state index is 0.0581. The van der Waals surface area contributed by atoms with E-state index in [4.69, 9.17) is 9.47 Å². The number of hydrogen-bond acceptors (Lipinski definition) is 11. The Bertz CT molecular complexity index is 1970. The van der Waals surface area contributed by atoms with E-state index < -0.39 is 69.0 Å². The summed E-state index contributed by atoms with van der Waals surface area (Å²) in [6.07, 6.45) is 2.08. The molecule has 7 rings (SSSR count). The molecule has 3 fully saturated rings. The van der Waals surface area contributed by atoms with E-state index in [2.05, 4.69) is 0 Å². The molecule has 0 spiro atoms. The predicted molar refractivity (Wildman–Crippen MR) is 170 cm³/mol. The number of carbonyl (C=O) groups is 4. The van der Waals surface area contributed by atoms with Gasteiger partial charge in [-0.1, -0.05) is 11.6 Å². The molecular formula is C34H28N4O11. The third-order valence-electron chi connectivity index (χ3n) is 10.1. The van der Waals surface area contributed by atoms with E-state index in [1.807, 2.05) is 6.08 Å². The highest BCUT2D eigenvalue weighted by molar-refractivity contribution is 6.24. The number of phenolic OH excluding ortho intramolecular Hbond substituents is 1. The van der Waals surface area contributed by atoms with Crippen LogP contribution in [0.3, 0.4) is 0 Å². The van der Waals surface area contributed by atoms with Gasteiger partial charge < -0.3 is 14.6 Å². The van der Waals surface area contributed by atoms with E-state index in [1.165, 1.54) is 62.8 Å². The molecule has 2 saturated heterocycles. The summed E-state index contributed by atoms with van der Waals surface area (Å²) in [4.78, 5) is 79.8.